The van der Waals surface area contributed by atoms with Gasteiger partial charge in [0.05, 0.1) is 11.7 Å². The molecule has 0 atom stereocenters. The lowest BCUT2D eigenvalue weighted by Gasteiger charge is -2.03. The molecule has 0 fully saturated rings. The molecule has 7 heterocycles. The monoisotopic (exact) mass is 796 g/mol. The molecule has 2 nitrogen and oxygen atoms in total. The Labute approximate surface area is 329 Å². The van der Waals surface area contributed by atoms with Gasteiger partial charge in [0.15, 0.2) is 0 Å². The zero-order valence-corrected chi connectivity index (χ0v) is 34.6. The summed E-state index contributed by atoms with van der Waals surface area (Å²) < 4.78 is 9.64. The average molecular weight is 797 g/mol. The Kier molecular flexibility index (Phi) is 11.4. The van der Waals surface area contributed by atoms with Crippen LogP contribution in [-0.2, 0) is 12.8 Å². The molecule has 0 radical (unpaired) electrons. The molecule has 7 aromatic heterocycles. The minimum Gasteiger partial charge on any atom is -0.172 e. The number of unbranched alkanes of at least 4 members (excludes halogenated alkanes) is 6. The first kappa shape index (κ1) is 35.3. The molecule has 0 saturated heterocycles. The second-order valence-corrected chi connectivity index (χ2v) is 20.1. The van der Waals surface area contributed by atoms with Crippen LogP contribution in [0.5, 0.6) is 0 Å². The van der Waals surface area contributed by atoms with E-state index < -0.39 is 0 Å². The Morgan fingerprint density at radius 2 is 0.686 bits per heavy atom. The highest BCUT2D eigenvalue weighted by Crippen LogP contribution is 2.46. The number of aryl methyl sites for hydroxylation is 2. The summed E-state index contributed by atoms with van der Waals surface area (Å²) in [4.78, 5) is 16.3. The van der Waals surface area contributed by atoms with Crippen LogP contribution in [-0.4, -0.2) is 8.75 Å². The van der Waals surface area contributed by atoms with E-state index in [9.17, 15) is 0 Å². The fourth-order valence-electron chi connectivity index (χ4n) is 6.44. The van der Waals surface area contributed by atoms with E-state index in [1.807, 2.05) is 68.0 Å². The number of hydrogen-bond acceptors (Lipinski definition) is 9. The minimum atomic E-state index is 0.999. The van der Waals surface area contributed by atoms with Crippen molar-refractivity contribution >= 4 is 90.8 Å². The van der Waals surface area contributed by atoms with Gasteiger partial charge in [0.25, 0.3) is 0 Å². The molecule has 1 aromatic carbocycles. The molecular weight excluding hydrogens is 757 g/mol. The molecule has 51 heavy (non-hydrogen) atoms. The Balaban J connectivity index is 0.970. The fraction of sp³-hybridized carbons (Fsp3) is 0.286. The van der Waals surface area contributed by atoms with Gasteiger partial charge >= 0.3 is 0 Å². The summed E-state index contributed by atoms with van der Waals surface area (Å²) in [7, 11) is 0. The zero-order chi connectivity index (χ0) is 34.6. The SMILES string of the molecule is CCCCCCc1ccc(-c2ccc(-c3ccc(-c4ccc(-c5ccc(-c6ccc(-c7ccc(CCCCCC)s7)s6)s5)c5nsnc45)s3)s2)s1. The number of fused-ring (bicyclic) bond motifs is 1. The Hall–Kier alpha value is -2.76. The lowest BCUT2D eigenvalue weighted by atomic mass is 10.1. The van der Waals surface area contributed by atoms with Gasteiger partial charge in [0, 0.05) is 69.7 Å². The summed E-state index contributed by atoms with van der Waals surface area (Å²) in [5.41, 5.74) is 4.34. The highest BCUT2D eigenvalue weighted by atomic mass is 32.1. The molecular formula is C42H40N2S7. The number of benzene rings is 1. The van der Waals surface area contributed by atoms with Crippen LogP contribution in [0.3, 0.4) is 0 Å². The summed E-state index contributed by atoms with van der Waals surface area (Å²) in [6, 6.07) is 32.0. The summed E-state index contributed by atoms with van der Waals surface area (Å²) in [6.07, 6.45) is 12.9. The van der Waals surface area contributed by atoms with Crippen LogP contribution < -0.4 is 0 Å². The maximum atomic E-state index is 4.82. The predicted molar refractivity (Wildman–Crippen MR) is 233 cm³/mol. The Morgan fingerprint density at radius 3 is 1.08 bits per heavy atom. The molecule has 0 aliphatic heterocycles. The second-order valence-electron chi connectivity index (χ2n) is 12.9. The number of aromatic nitrogens is 2. The van der Waals surface area contributed by atoms with Gasteiger partial charge in [-0.2, -0.15) is 8.75 Å². The van der Waals surface area contributed by atoms with Crippen LogP contribution in [0.15, 0.2) is 84.9 Å². The summed E-state index contributed by atoms with van der Waals surface area (Å²) in [5.74, 6) is 0. The van der Waals surface area contributed by atoms with Gasteiger partial charge in [-0.25, -0.2) is 0 Å². The number of hydrogen-bond donors (Lipinski definition) is 0. The van der Waals surface area contributed by atoms with Gasteiger partial charge in [-0.15, -0.1) is 68.0 Å². The topological polar surface area (TPSA) is 25.8 Å². The van der Waals surface area contributed by atoms with E-state index in [1.165, 1.54) is 146 Å². The lowest BCUT2D eigenvalue weighted by Crippen LogP contribution is -1.81. The highest BCUT2D eigenvalue weighted by molar-refractivity contribution is 7.28. The van der Waals surface area contributed by atoms with E-state index in [2.05, 4.69) is 98.8 Å². The van der Waals surface area contributed by atoms with Crippen molar-refractivity contribution in [3.8, 4) is 59.9 Å². The van der Waals surface area contributed by atoms with E-state index in [0.29, 0.717) is 0 Å². The van der Waals surface area contributed by atoms with Crippen molar-refractivity contribution < 1.29 is 0 Å². The van der Waals surface area contributed by atoms with Gasteiger partial charge in [0.1, 0.15) is 11.0 Å². The highest BCUT2D eigenvalue weighted by Gasteiger charge is 2.18. The second kappa shape index (κ2) is 16.5. The summed E-state index contributed by atoms with van der Waals surface area (Å²) in [5, 5.41) is 0. The van der Waals surface area contributed by atoms with Crippen LogP contribution in [0.2, 0.25) is 0 Å². The van der Waals surface area contributed by atoms with Crippen molar-refractivity contribution in [3.63, 3.8) is 0 Å². The van der Waals surface area contributed by atoms with Crippen LogP contribution >= 0.6 is 79.7 Å². The first-order chi connectivity index (χ1) is 25.2. The predicted octanol–water partition coefficient (Wildman–Crippen LogP) is 16.3. The van der Waals surface area contributed by atoms with E-state index in [0.717, 1.165) is 11.0 Å². The molecule has 8 aromatic rings. The van der Waals surface area contributed by atoms with E-state index in [4.69, 9.17) is 8.75 Å². The number of nitrogens with zero attached hydrogens (tertiary/aromatic N) is 2. The van der Waals surface area contributed by atoms with Gasteiger partial charge < -0.3 is 0 Å². The molecule has 0 bridgehead atoms. The Morgan fingerprint density at radius 1 is 0.353 bits per heavy atom. The first-order valence-corrected chi connectivity index (χ1v) is 23.6. The molecule has 0 amide bonds. The number of rotatable bonds is 16. The van der Waals surface area contributed by atoms with Crippen molar-refractivity contribution in [1.29, 1.82) is 0 Å². The van der Waals surface area contributed by atoms with E-state index in [-0.39, 0.29) is 0 Å². The smallest absolute Gasteiger partial charge is 0.114 e. The number of thiophene rings is 6. The molecule has 260 valence electrons. The normalized spacial score (nSPS) is 11.7. The molecule has 9 heteroatoms. The van der Waals surface area contributed by atoms with Crippen molar-refractivity contribution in [2.45, 2.75) is 78.1 Å². The summed E-state index contributed by atoms with van der Waals surface area (Å²) in [6.45, 7) is 4.55. The fourth-order valence-corrected chi connectivity index (χ4v) is 13.6. The van der Waals surface area contributed by atoms with Crippen LogP contribution in [0, 0.1) is 0 Å². The summed E-state index contributed by atoms with van der Waals surface area (Å²) >= 11 is 12.7. The standard InChI is InChI=1S/C42H40N2S7/c1-3-5-7-9-11-27-13-17-33(45-27)35-23-25-39(49-35)37-21-19-31(47-37)29-15-16-30(42-41(29)43-51-44-42)32-20-22-38(48-32)40-26-24-36(50-40)34-18-14-28(46-34)12-10-8-6-4-2/h13-26H,3-12H2,1-2H3. The van der Waals surface area contributed by atoms with Crippen molar-refractivity contribution in [1.82, 2.24) is 8.75 Å². The maximum Gasteiger partial charge on any atom is 0.114 e. The maximum absolute atomic E-state index is 4.82. The molecule has 8 rings (SSSR count). The van der Waals surface area contributed by atoms with Crippen molar-refractivity contribution in [2.75, 3.05) is 0 Å². The third-order valence-corrected chi connectivity index (χ3v) is 17.2. The first-order valence-electron chi connectivity index (χ1n) is 18.0. The molecule has 0 aliphatic carbocycles. The molecule has 0 N–H and O–H groups in total. The molecule has 0 spiro atoms. The minimum absolute atomic E-state index is 0.999. The van der Waals surface area contributed by atoms with E-state index in [1.54, 1.807) is 0 Å². The van der Waals surface area contributed by atoms with Crippen LogP contribution in [0.1, 0.15) is 75.0 Å². The van der Waals surface area contributed by atoms with E-state index >= 15 is 0 Å². The lowest BCUT2D eigenvalue weighted by molar-refractivity contribution is 0.670. The van der Waals surface area contributed by atoms with Gasteiger partial charge in [-0.3, -0.25) is 0 Å². The van der Waals surface area contributed by atoms with Gasteiger partial charge in [-0.1, -0.05) is 64.5 Å². The van der Waals surface area contributed by atoms with Crippen molar-refractivity contribution in [2.24, 2.45) is 0 Å². The van der Waals surface area contributed by atoms with Crippen LogP contribution in [0.4, 0.5) is 0 Å². The zero-order valence-electron chi connectivity index (χ0n) is 28.9. The van der Waals surface area contributed by atoms with Crippen molar-refractivity contribution in [3.05, 3.63) is 94.7 Å². The molecule has 0 aliphatic rings. The average Bonchev–Trinajstić information content (AvgIpc) is 4.00. The Bertz CT molecular complexity index is 2170. The van der Waals surface area contributed by atoms with Crippen LogP contribution in [0.25, 0.3) is 70.9 Å². The van der Waals surface area contributed by atoms with Gasteiger partial charge in [-0.05, 0) is 98.5 Å². The quantitative estimate of drug-likeness (QED) is 0.0910. The largest absolute Gasteiger partial charge is 0.172 e. The third-order valence-electron chi connectivity index (χ3n) is 9.22. The third kappa shape index (κ3) is 7.96. The molecule has 0 saturated carbocycles. The van der Waals surface area contributed by atoms with Gasteiger partial charge in [0.2, 0.25) is 0 Å². The molecule has 0 unspecified atom stereocenters.